The Morgan fingerprint density at radius 2 is 2.43 bits per heavy atom. The molecule has 0 spiro atoms. The SMILES string of the molecule is Nc1cccnc1SCCCC(=O)O. The number of anilines is 1. The number of aliphatic carboxylic acids is 1. The molecule has 4 nitrogen and oxygen atoms in total. The van der Waals surface area contributed by atoms with Crippen LogP contribution in [-0.4, -0.2) is 21.8 Å². The summed E-state index contributed by atoms with van der Waals surface area (Å²) in [4.78, 5) is 14.3. The van der Waals surface area contributed by atoms with Crippen LogP contribution in [0.2, 0.25) is 0 Å². The van der Waals surface area contributed by atoms with E-state index in [2.05, 4.69) is 4.98 Å². The molecule has 0 aliphatic heterocycles. The van der Waals surface area contributed by atoms with Gasteiger partial charge in [-0.3, -0.25) is 4.79 Å². The van der Waals surface area contributed by atoms with Gasteiger partial charge in [-0.15, -0.1) is 11.8 Å². The van der Waals surface area contributed by atoms with Crippen molar-refractivity contribution in [2.45, 2.75) is 17.9 Å². The van der Waals surface area contributed by atoms with Gasteiger partial charge >= 0.3 is 5.97 Å². The van der Waals surface area contributed by atoms with Gasteiger partial charge in [0.1, 0.15) is 5.03 Å². The van der Waals surface area contributed by atoms with E-state index < -0.39 is 5.97 Å². The normalized spacial score (nSPS) is 10.0. The summed E-state index contributed by atoms with van der Waals surface area (Å²) < 4.78 is 0. The zero-order valence-corrected chi connectivity index (χ0v) is 8.46. The van der Waals surface area contributed by atoms with Crippen molar-refractivity contribution >= 4 is 23.4 Å². The van der Waals surface area contributed by atoms with E-state index >= 15 is 0 Å². The summed E-state index contributed by atoms with van der Waals surface area (Å²) in [6.07, 6.45) is 2.51. The number of pyridine rings is 1. The lowest BCUT2D eigenvalue weighted by Crippen LogP contribution is -1.96. The van der Waals surface area contributed by atoms with Crippen molar-refractivity contribution in [1.82, 2.24) is 4.98 Å². The van der Waals surface area contributed by atoms with Gasteiger partial charge in [-0.25, -0.2) is 4.98 Å². The molecule has 76 valence electrons. The van der Waals surface area contributed by atoms with Gasteiger partial charge in [-0.05, 0) is 18.6 Å². The molecule has 1 heterocycles. The maximum Gasteiger partial charge on any atom is 0.303 e. The maximum atomic E-state index is 10.2. The average Bonchev–Trinajstić information content (AvgIpc) is 2.15. The molecule has 0 radical (unpaired) electrons. The Morgan fingerprint density at radius 3 is 3.07 bits per heavy atom. The molecular weight excluding hydrogens is 200 g/mol. The van der Waals surface area contributed by atoms with Crippen LogP contribution in [0.4, 0.5) is 5.69 Å². The maximum absolute atomic E-state index is 10.2. The number of nitrogens with two attached hydrogens (primary N) is 1. The number of carbonyl (C=O) groups is 1. The number of thioether (sulfide) groups is 1. The molecule has 0 amide bonds. The Morgan fingerprint density at radius 1 is 1.64 bits per heavy atom. The summed E-state index contributed by atoms with van der Waals surface area (Å²) in [5, 5.41) is 9.19. The number of rotatable bonds is 5. The molecule has 0 bridgehead atoms. The Bertz CT molecular complexity index is 317. The number of carboxylic acids is 1. The standard InChI is InChI=1S/C9H12N2O2S/c10-7-3-1-5-11-9(7)14-6-2-4-8(12)13/h1,3,5H,2,4,6,10H2,(H,12,13). The molecule has 0 atom stereocenters. The van der Waals surface area contributed by atoms with Crippen molar-refractivity contribution in [2.24, 2.45) is 0 Å². The molecule has 0 unspecified atom stereocenters. The average molecular weight is 212 g/mol. The minimum absolute atomic E-state index is 0.194. The highest BCUT2D eigenvalue weighted by atomic mass is 32.2. The minimum atomic E-state index is -0.764. The molecule has 3 N–H and O–H groups in total. The summed E-state index contributed by atoms with van der Waals surface area (Å²) >= 11 is 1.49. The first-order valence-electron chi connectivity index (χ1n) is 4.25. The molecule has 0 saturated heterocycles. The Labute approximate surface area is 86.5 Å². The summed E-state index contributed by atoms with van der Waals surface area (Å²) in [7, 11) is 0. The molecule has 0 aliphatic carbocycles. The lowest BCUT2D eigenvalue weighted by molar-refractivity contribution is -0.137. The number of nitrogens with zero attached hydrogens (tertiary/aromatic N) is 1. The van der Waals surface area contributed by atoms with Crippen LogP contribution in [0.25, 0.3) is 0 Å². The minimum Gasteiger partial charge on any atom is -0.481 e. The van der Waals surface area contributed by atoms with E-state index in [0.717, 1.165) is 10.8 Å². The molecule has 0 saturated carbocycles. The molecule has 0 aliphatic rings. The van der Waals surface area contributed by atoms with E-state index in [-0.39, 0.29) is 6.42 Å². The Kier molecular flexibility index (Phi) is 4.25. The van der Waals surface area contributed by atoms with Crippen LogP contribution in [-0.2, 0) is 4.79 Å². The summed E-state index contributed by atoms with van der Waals surface area (Å²) in [6.45, 7) is 0. The van der Waals surface area contributed by atoms with Gasteiger partial charge in [0.05, 0.1) is 5.69 Å². The van der Waals surface area contributed by atoms with E-state index in [1.54, 1.807) is 18.3 Å². The largest absolute Gasteiger partial charge is 0.481 e. The van der Waals surface area contributed by atoms with Crippen LogP contribution in [0.1, 0.15) is 12.8 Å². The molecule has 5 heteroatoms. The Balaban J connectivity index is 2.31. The van der Waals surface area contributed by atoms with Gasteiger partial charge in [-0.1, -0.05) is 0 Å². The van der Waals surface area contributed by atoms with Gasteiger partial charge in [0.15, 0.2) is 0 Å². The fourth-order valence-corrected chi connectivity index (χ4v) is 1.77. The number of carboxylic acid groups (broad SMARTS) is 1. The van der Waals surface area contributed by atoms with Crippen LogP contribution in [0.3, 0.4) is 0 Å². The smallest absolute Gasteiger partial charge is 0.303 e. The summed E-state index contributed by atoms with van der Waals surface area (Å²) in [5.74, 6) is -0.0346. The molecule has 1 rings (SSSR count). The van der Waals surface area contributed by atoms with E-state index in [1.165, 1.54) is 11.8 Å². The van der Waals surface area contributed by atoms with E-state index in [0.29, 0.717) is 12.1 Å². The van der Waals surface area contributed by atoms with Crippen molar-refractivity contribution in [3.05, 3.63) is 18.3 Å². The second-order valence-corrected chi connectivity index (χ2v) is 3.83. The summed E-state index contributed by atoms with van der Waals surface area (Å²) in [5.41, 5.74) is 6.31. The lowest BCUT2D eigenvalue weighted by Gasteiger charge is -2.02. The molecule has 1 aromatic heterocycles. The van der Waals surface area contributed by atoms with Gasteiger partial charge < -0.3 is 10.8 Å². The predicted octanol–water partition coefficient (Wildman–Crippen LogP) is 1.62. The van der Waals surface area contributed by atoms with Crippen LogP contribution in [0, 0.1) is 0 Å². The van der Waals surface area contributed by atoms with Crippen molar-refractivity contribution in [3.63, 3.8) is 0 Å². The van der Waals surface area contributed by atoms with Crippen LogP contribution >= 0.6 is 11.8 Å². The molecular formula is C9H12N2O2S. The van der Waals surface area contributed by atoms with Gasteiger partial charge in [-0.2, -0.15) is 0 Å². The number of aromatic nitrogens is 1. The second kappa shape index (κ2) is 5.49. The fourth-order valence-electron chi connectivity index (χ4n) is 0.916. The van der Waals surface area contributed by atoms with Crippen molar-refractivity contribution in [1.29, 1.82) is 0 Å². The zero-order valence-electron chi connectivity index (χ0n) is 7.64. The van der Waals surface area contributed by atoms with Crippen molar-refractivity contribution < 1.29 is 9.90 Å². The quantitative estimate of drug-likeness (QED) is 0.573. The van der Waals surface area contributed by atoms with Gasteiger partial charge in [0.25, 0.3) is 0 Å². The number of hydrogen-bond donors (Lipinski definition) is 2. The predicted molar refractivity (Wildman–Crippen MR) is 56.2 cm³/mol. The highest BCUT2D eigenvalue weighted by Crippen LogP contribution is 2.22. The van der Waals surface area contributed by atoms with Crippen LogP contribution in [0.15, 0.2) is 23.4 Å². The third kappa shape index (κ3) is 3.66. The topological polar surface area (TPSA) is 76.2 Å². The van der Waals surface area contributed by atoms with E-state index in [9.17, 15) is 4.79 Å². The fraction of sp³-hybridized carbons (Fsp3) is 0.333. The van der Waals surface area contributed by atoms with E-state index in [1.807, 2.05) is 0 Å². The zero-order chi connectivity index (χ0) is 10.4. The molecule has 0 fully saturated rings. The molecule has 14 heavy (non-hydrogen) atoms. The molecule has 1 aromatic rings. The van der Waals surface area contributed by atoms with Crippen molar-refractivity contribution in [2.75, 3.05) is 11.5 Å². The first-order chi connectivity index (χ1) is 6.70. The van der Waals surface area contributed by atoms with Crippen LogP contribution in [0.5, 0.6) is 0 Å². The number of nitrogen functional groups attached to an aromatic ring is 1. The highest BCUT2D eigenvalue weighted by Gasteiger charge is 2.01. The van der Waals surface area contributed by atoms with Crippen molar-refractivity contribution in [3.8, 4) is 0 Å². The third-order valence-electron chi connectivity index (χ3n) is 1.57. The Hall–Kier alpha value is -1.23. The first-order valence-corrected chi connectivity index (χ1v) is 5.24. The first kappa shape index (κ1) is 10.8. The van der Waals surface area contributed by atoms with E-state index in [4.69, 9.17) is 10.8 Å². The highest BCUT2D eigenvalue weighted by molar-refractivity contribution is 7.99. The second-order valence-electron chi connectivity index (χ2n) is 2.74. The summed E-state index contributed by atoms with van der Waals surface area (Å²) in [6, 6.07) is 3.56. The monoisotopic (exact) mass is 212 g/mol. The van der Waals surface area contributed by atoms with Crippen LogP contribution < -0.4 is 5.73 Å². The van der Waals surface area contributed by atoms with Gasteiger partial charge in [0.2, 0.25) is 0 Å². The lowest BCUT2D eigenvalue weighted by atomic mass is 10.3. The third-order valence-corrected chi connectivity index (χ3v) is 2.68. The van der Waals surface area contributed by atoms with Gasteiger partial charge in [0, 0.05) is 18.4 Å². The number of hydrogen-bond acceptors (Lipinski definition) is 4. The molecule has 0 aromatic carbocycles.